The molecular formula is C82H155NO8. The first-order valence-corrected chi connectivity index (χ1v) is 40.4. The van der Waals surface area contributed by atoms with Gasteiger partial charge in [-0.2, -0.15) is 0 Å². The third-order valence-corrected chi connectivity index (χ3v) is 19.4. The molecule has 0 aromatic rings. The molecule has 0 saturated carbocycles. The van der Waals surface area contributed by atoms with Gasteiger partial charge in [0.2, 0.25) is 5.91 Å². The first kappa shape index (κ1) is 87.2. The highest BCUT2D eigenvalue weighted by Crippen LogP contribution is 2.24. The number of hydrogen-bond acceptors (Lipinski definition) is 8. The van der Waals surface area contributed by atoms with Crippen LogP contribution >= 0.6 is 0 Å². The Morgan fingerprint density at radius 1 is 0.363 bits per heavy atom. The maximum absolute atomic E-state index is 13.2. The number of hydrogen-bond donors (Lipinski definition) is 6. The molecule has 1 rings (SSSR count). The molecule has 9 nitrogen and oxygen atoms in total. The van der Waals surface area contributed by atoms with E-state index in [1.54, 1.807) is 6.08 Å². The van der Waals surface area contributed by atoms with Crippen molar-refractivity contribution >= 4 is 5.91 Å². The lowest BCUT2D eigenvalue weighted by molar-refractivity contribution is -0.302. The smallest absolute Gasteiger partial charge is 0.220 e. The second kappa shape index (κ2) is 70.9. The summed E-state index contributed by atoms with van der Waals surface area (Å²) in [4.78, 5) is 13.2. The van der Waals surface area contributed by atoms with Gasteiger partial charge < -0.3 is 40.3 Å². The van der Waals surface area contributed by atoms with E-state index in [0.29, 0.717) is 6.42 Å². The number of aliphatic hydroxyl groups is 5. The van der Waals surface area contributed by atoms with E-state index in [1.165, 1.54) is 347 Å². The molecular weight excluding hydrogens is 1130 g/mol. The highest BCUT2D eigenvalue weighted by Gasteiger charge is 2.44. The Kier molecular flexibility index (Phi) is 67.9. The molecule has 0 spiro atoms. The monoisotopic (exact) mass is 1280 g/mol. The molecule has 1 amide bonds. The number of nitrogens with one attached hydrogen (secondary N) is 1. The number of carbonyl (C=O) groups is 1. The third-order valence-electron chi connectivity index (χ3n) is 19.4. The minimum atomic E-state index is -1.58. The zero-order valence-corrected chi connectivity index (χ0v) is 60.4. The summed E-state index contributed by atoms with van der Waals surface area (Å²) in [5, 5.41) is 54.9. The summed E-state index contributed by atoms with van der Waals surface area (Å²) in [5.74, 6) is -0.183. The summed E-state index contributed by atoms with van der Waals surface area (Å²) in [6.45, 7) is 3.82. The first-order valence-electron chi connectivity index (χ1n) is 40.4. The van der Waals surface area contributed by atoms with Gasteiger partial charge in [0, 0.05) is 6.42 Å². The highest BCUT2D eigenvalue weighted by atomic mass is 16.7. The van der Waals surface area contributed by atoms with E-state index < -0.39 is 49.5 Å². The van der Waals surface area contributed by atoms with Crippen molar-refractivity contribution in [3.8, 4) is 0 Å². The van der Waals surface area contributed by atoms with E-state index >= 15 is 0 Å². The zero-order valence-electron chi connectivity index (χ0n) is 60.4. The molecule has 0 aromatic carbocycles. The lowest BCUT2D eigenvalue weighted by atomic mass is 9.99. The molecule has 0 aliphatic carbocycles. The number of ether oxygens (including phenoxy) is 2. The van der Waals surface area contributed by atoms with Crippen LogP contribution in [0.4, 0.5) is 0 Å². The van der Waals surface area contributed by atoms with Crippen LogP contribution in [0.3, 0.4) is 0 Å². The zero-order chi connectivity index (χ0) is 65.7. The van der Waals surface area contributed by atoms with Crippen LogP contribution < -0.4 is 5.32 Å². The topological polar surface area (TPSA) is 149 Å². The van der Waals surface area contributed by atoms with Crippen LogP contribution in [-0.2, 0) is 14.3 Å². The van der Waals surface area contributed by atoms with Gasteiger partial charge in [0.15, 0.2) is 6.29 Å². The Morgan fingerprint density at radius 3 is 0.923 bits per heavy atom. The molecule has 0 bridgehead atoms. The SMILES string of the molecule is CCCCCCCCCC/C=C\CCCCCCCCCCCCCCCCCCCCCCCCCCCCCC(=O)NC(COC1OC(CO)C(O)C(O)C1O)C(O)/C=C/CC/C=C/CC/C=C/CCCCCCCCCCCCCCCCCCCCC. The highest BCUT2D eigenvalue weighted by molar-refractivity contribution is 5.76. The van der Waals surface area contributed by atoms with E-state index in [9.17, 15) is 30.3 Å². The van der Waals surface area contributed by atoms with Gasteiger partial charge in [0.05, 0.1) is 25.4 Å². The molecule has 6 N–H and O–H groups in total. The third kappa shape index (κ3) is 59.2. The second-order valence-corrected chi connectivity index (χ2v) is 28.2. The van der Waals surface area contributed by atoms with Crippen molar-refractivity contribution in [2.75, 3.05) is 13.2 Å². The van der Waals surface area contributed by atoms with Crippen molar-refractivity contribution < 1.29 is 39.8 Å². The fourth-order valence-electron chi connectivity index (χ4n) is 13.1. The van der Waals surface area contributed by atoms with Crippen LogP contribution in [-0.4, -0.2) is 87.5 Å². The molecule has 9 heteroatoms. The predicted octanol–water partition coefficient (Wildman–Crippen LogP) is 23.1. The van der Waals surface area contributed by atoms with E-state index in [2.05, 4.69) is 55.6 Å². The summed E-state index contributed by atoms with van der Waals surface area (Å²) in [6, 6.07) is -0.830. The standard InChI is InChI=1S/C82H155NO8/c1-3-5-7-9-11-13-15-17-19-21-23-25-27-29-31-33-34-35-36-37-38-39-40-41-42-44-46-48-50-52-54-56-58-60-62-64-66-68-70-72-78(86)83-75(74-90-82-81(89)80(88)79(87)77(73-84)91-82)76(85)71-69-67-65-63-61-59-57-55-53-51-49-47-45-43-32-30-28-26-24-22-20-18-16-14-12-10-8-6-4-2/h21,23,53,55,61,63,69,71,75-77,79-82,84-85,87-89H,3-20,22,24-52,54,56-60,62,64-68,70,72-74H2,1-2H3,(H,83,86)/b23-21-,55-53+,63-61+,71-69+. The molecule has 7 atom stereocenters. The normalized spacial score (nSPS) is 17.9. The van der Waals surface area contributed by atoms with Gasteiger partial charge in [-0.1, -0.05) is 383 Å². The lowest BCUT2D eigenvalue weighted by Gasteiger charge is -2.40. The van der Waals surface area contributed by atoms with Crippen LogP contribution in [0.15, 0.2) is 48.6 Å². The van der Waals surface area contributed by atoms with Crippen molar-refractivity contribution in [3.63, 3.8) is 0 Å². The minimum Gasteiger partial charge on any atom is -0.394 e. The number of rotatable bonds is 72. The lowest BCUT2D eigenvalue weighted by Crippen LogP contribution is -2.60. The molecule has 7 unspecified atom stereocenters. The van der Waals surface area contributed by atoms with Crippen LogP contribution in [0.1, 0.15) is 412 Å². The van der Waals surface area contributed by atoms with Crippen molar-refractivity contribution in [2.45, 2.75) is 455 Å². The Bertz CT molecular complexity index is 1580. The van der Waals surface area contributed by atoms with Crippen molar-refractivity contribution in [1.29, 1.82) is 0 Å². The summed E-state index contributed by atoms with van der Waals surface area (Å²) in [5.41, 5.74) is 0. The van der Waals surface area contributed by atoms with E-state index in [0.717, 1.165) is 44.9 Å². The Labute approximate surface area is 564 Å². The maximum Gasteiger partial charge on any atom is 0.220 e. The fraction of sp³-hybridized carbons (Fsp3) is 0.890. The number of allylic oxidation sites excluding steroid dienone is 7. The molecule has 1 aliphatic rings. The average molecular weight is 1280 g/mol. The van der Waals surface area contributed by atoms with Gasteiger partial charge in [-0.05, 0) is 70.6 Å². The molecule has 1 saturated heterocycles. The molecule has 1 aliphatic heterocycles. The summed E-state index contributed by atoms with van der Waals surface area (Å²) in [6.07, 6.45) is 91.4. The average Bonchev–Trinajstić information content (AvgIpc) is 1.33. The maximum atomic E-state index is 13.2. The Balaban J connectivity index is 2.07. The molecule has 91 heavy (non-hydrogen) atoms. The summed E-state index contributed by atoms with van der Waals surface area (Å²) < 4.78 is 11.3. The first-order chi connectivity index (χ1) is 44.8. The van der Waals surface area contributed by atoms with Crippen molar-refractivity contribution in [1.82, 2.24) is 5.32 Å². The van der Waals surface area contributed by atoms with Crippen molar-refractivity contribution in [2.24, 2.45) is 0 Å². The molecule has 1 fully saturated rings. The summed E-state index contributed by atoms with van der Waals surface area (Å²) >= 11 is 0. The largest absolute Gasteiger partial charge is 0.394 e. The molecule has 536 valence electrons. The van der Waals surface area contributed by atoms with Gasteiger partial charge in [-0.15, -0.1) is 0 Å². The number of amides is 1. The molecule has 0 radical (unpaired) electrons. The minimum absolute atomic E-state index is 0.183. The van der Waals surface area contributed by atoms with Gasteiger partial charge in [0.25, 0.3) is 0 Å². The van der Waals surface area contributed by atoms with Gasteiger partial charge in [-0.25, -0.2) is 0 Å². The van der Waals surface area contributed by atoms with Crippen LogP contribution in [0.5, 0.6) is 0 Å². The van der Waals surface area contributed by atoms with Crippen LogP contribution in [0, 0.1) is 0 Å². The quantitative estimate of drug-likeness (QED) is 0.0261. The number of aliphatic hydroxyl groups excluding tert-OH is 5. The predicted molar refractivity (Wildman–Crippen MR) is 392 cm³/mol. The van der Waals surface area contributed by atoms with Gasteiger partial charge in [0.1, 0.15) is 24.4 Å². The van der Waals surface area contributed by atoms with Crippen LogP contribution in [0.2, 0.25) is 0 Å². The fourth-order valence-corrected chi connectivity index (χ4v) is 13.1. The van der Waals surface area contributed by atoms with E-state index in [-0.39, 0.29) is 12.5 Å². The molecule has 1 heterocycles. The number of carbonyl (C=O) groups excluding carboxylic acids is 1. The van der Waals surface area contributed by atoms with Gasteiger partial charge in [-0.3, -0.25) is 4.79 Å². The Morgan fingerprint density at radius 2 is 0.626 bits per heavy atom. The second-order valence-electron chi connectivity index (χ2n) is 28.2. The summed E-state index contributed by atoms with van der Waals surface area (Å²) in [7, 11) is 0. The van der Waals surface area contributed by atoms with Crippen molar-refractivity contribution in [3.05, 3.63) is 48.6 Å². The van der Waals surface area contributed by atoms with Gasteiger partial charge >= 0.3 is 0 Å². The van der Waals surface area contributed by atoms with E-state index in [1.807, 2.05) is 6.08 Å². The number of unbranched alkanes of at least 4 members (excludes halogenated alkanes) is 56. The van der Waals surface area contributed by atoms with E-state index in [4.69, 9.17) is 9.47 Å². The Hall–Kier alpha value is -1.85. The molecule has 0 aromatic heterocycles. The van der Waals surface area contributed by atoms with Crippen LogP contribution in [0.25, 0.3) is 0 Å².